The van der Waals surface area contributed by atoms with E-state index in [9.17, 15) is 4.79 Å². The molecule has 1 aliphatic rings. The molecule has 0 spiro atoms. The molecular weight excluding hydrogens is 268 g/mol. The first kappa shape index (κ1) is 15.5. The Balaban J connectivity index is 0.00000162. The van der Waals surface area contributed by atoms with Crippen LogP contribution in [-0.2, 0) is 17.8 Å². The van der Waals surface area contributed by atoms with Gasteiger partial charge in [-0.2, -0.15) is 0 Å². The molecule has 1 amide bonds. The molecule has 2 N–H and O–H groups in total. The molecule has 0 bridgehead atoms. The molecule has 0 saturated heterocycles. The molecule has 1 aromatic heterocycles. The molecule has 0 aliphatic carbocycles. The first-order valence-electron chi connectivity index (χ1n) is 5.99. The Bertz CT molecular complexity index is 425. The van der Waals surface area contributed by atoms with Gasteiger partial charge in [0.1, 0.15) is 0 Å². The van der Waals surface area contributed by atoms with Crippen LogP contribution in [0.3, 0.4) is 0 Å². The van der Waals surface area contributed by atoms with Crippen LogP contribution in [-0.4, -0.2) is 23.4 Å². The zero-order chi connectivity index (χ0) is 12.6. The predicted octanol–water partition coefficient (Wildman–Crippen LogP) is 2.43. The Labute approximate surface area is 119 Å². The van der Waals surface area contributed by atoms with Crippen molar-refractivity contribution in [3.63, 3.8) is 0 Å². The first-order valence-corrected chi connectivity index (χ1v) is 6.87. The third-order valence-electron chi connectivity index (χ3n) is 3.32. The van der Waals surface area contributed by atoms with Crippen molar-refractivity contribution in [2.75, 3.05) is 6.54 Å². The van der Waals surface area contributed by atoms with E-state index in [2.05, 4.69) is 11.4 Å². The number of thiophene rings is 1. The van der Waals surface area contributed by atoms with Crippen LogP contribution in [0.1, 0.15) is 31.2 Å². The van der Waals surface area contributed by atoms with Crippen molar-refractivity contribution in [2.45, 2.75) is 39.8 Å². The summed E-state index contributed by atoms with van der Waals surface area (Å²) in [7, 11) is 0. The molecule has 0 unspecified atom stereocenters. The highest BCUT2D eigenvalue weighted by Gasteiger charge is 2.32. The van der Waals surface area contributed by atoms with Gasteiger partial charge in [-0.3, -0.25) is 4.79 Å². The van der Waals surface area contributed by atoms with Crippen LogP contribution >= 0.6 is 23.7 Å². The molecule has 0 radical (unpaired) electrons. The Morgan fingerprint density at radius 1 is 1.50 bits per heavy atom. The molecule has 102 valence electrons. The van der Waals surface area contributed by atoms with Gasteiger partial charge in [-0.1, -0.05) is 20.8 Å². The van der Waals surface area contributed by atoms with Gasteiger partial charge in [0.15, 0.2) is 0 Å². The number of halogens is 1. The molecule has 3 nitrogen and oxygen atoms in total. The molecule has 2 heterocycles. The molecule has 0 fully saturated rings. The maximum Gasteiger partial charge on any atom is 0.240 e. The van der Waals surface area contributed by atoms with Crippen molar-refractivity contribution >= 4 is 29.7 Å². The van der Waals surface area contributed by atoms with Gasteiger partial charge in [0.2, 0.25) is 5.91 Å². The highest BCUT2D eigenvalue weighted by molar-refractivity contribution is 7.10. The van der Waals surface area contributed by atoms with Crippen molar-refractivity contribution in [3.05, 3.63) is 21.9 Å². The van der Waals surface area contributed by atoms with Gasteiger partial charge in [0.25, 0.3) is 0 Å². The minimum atomic E-state index is -0.414. The highest BCUT2D eigenvalue weighted by atomic mass is 35.5. The molecule has 1 atom stereocenters. The number of fused-ring (bicyclic) bond motifs is 1. The summed E-state index contributed by atoms with van der Waals surface area (Å²) in [4.78, 5) is 15.6. The van der Waals surface area contributed by atoms with E-state index >= 15 is 0 Å². The zero-order valence-electron chi connectivity index (χ0n) is 11.1. The maximum atomic E-state index is 12.3. The summed E-state index contributed by atoms with van der Waals surface area (Å²) in [6, 6.07) is 1.70. The Morgan fingerprint density at radius 2 is 2.17 bits per heavy atom. The maximum absolute atomic E-state index is 12.3. The minimum Gasteiger partial charge on any atom is -0.337 e. The number of rotatable bonds is 1. The predicted molar refractivity (Wildman–Crippen MR) is 78.1 cm³/mol. The quantitative estimate of drug-likeness (QED) is 0.863. The van der Waals surface area contributed by atoms with Crippen LogP contribution in [0.25, 0.3) is 0 Å². The SMILES string of the molecule is CC(C)(C)[C@H](N)C(=O)N1CCc2sccc2C1.Cl. The van der Waals surface area contributed by atoms with E-state index in [0.29, 0.717) is 0 Å². The Hall–Kier alpha value is -0.580. The summed E-state index contributed by atoms with van der Waals surface area (Å²) in [5, 5.41) is 2.10. The van der Waals surface area contributed by atoms with Gasteiger partial charge in [-0.15, -0.1) is 23.7 Å². The number of hydrogen-bond acceptors (Lipinski definition) is 3. The number of carbonyl (C=O) groups is 1. The van der Waals surface area contributed by atoms with E-state index in [4.69, 9.17) is 5.73 Å². The molecule has 2 rings (SSSR count). The van der Waals surface area contributed by atoms with Crippen LogP contribution in [0.4, 0.5) is 0 Å². The second-order valence-electron chi connectivity index (χ2n) is 5.72. The van der Waals surface area contributed by atoms with Gasteiger partial charge < -0.3 is 10.6 Å². The normalized spacial score (nSPS) is 16.8. The van der Waals surface area contributed by atoms with Crippen molar-refractivity contribution in [2.24, 2.45) is 11.1 Å². The Kier molecular flexibility index (Phi) is 4.81. The minimum absolute atomic E-state index is 0. The number of carbonyl (C=O) groups excluding carboxylic acids is 1. The molecule has 5 heteroatoms. The molecule has 0 aromatic carbocycles. The highest BCUT2D eigenvalue weighted by Crippen LogP contribution is 2.26. The second kappa shape index (κ2) is 5.59. The topological polar surface area (TPSA) is 46.3 Å². The van der Waals surface area contributed by atoms with Crippen molar-refractivity contribution < 1.29 is 4.79 Å². The number of nitrogens with zero attached hydrogens (tertiary/aromatic N) is 1. The van der Waals surface area contributed by atoms with E-state index < -0.39 is 6.04 Å². The Morgan fingerprint density at radius 3 is 2.78 bits per heavy atom. The summed E-state index contributed by atoms with van der Waals surface area (Å²) in [6.07, 6.45) is 0.968. The lowest BCUT2D eigenvalue weighted by molar-refractivity contribution is -0.135. The number of amides is 1. The fourth-order valence-electron chi connectivity index (χ4n) is 2.00. The average Bonchev–Trinajstić information content (AvgIpc) is 2.72. The largest absolute Gasteiger partial charge is 0.337 e. The summed E-state index contributed by atoms with van der Waals surface area (Å²) < 4.78 is 0. The fourth-order valence-corrected chi connectivity index (χ4v) is 2.89. The summed E-state index contributed by atoms with van der Waals surface area (Å²) in [5.74, 6) is 0.0781. The van der Waals surface area contributed by atoms with Crippen LogP contribution in [0.15, 0.2) is 11.4 Å². The van der Waals surface area contributed by atoms with Gasteiger partial charge in [-0.05, 0) is 28.8 Å². The van der Waals surface area contributed by atoms with E-state index in [1.165, 1.54) is 10.4 Å². The van der Waals surface area contributed by atoms with Gasteiger partial charge in [0.05, 0.1) is 6.04 Å². The van der Waals surface area contributed by atoms with E-state index in [1.807, 2.05) is 25.7 Å². The lowest BCUT2D eigenvalue weighted by atomic mass is 9.86. The molecule has 1 aliphatic heterocycles. The van der Waals surface area contributed by atoms with Crippen LogP contribution in [0.5, 0.6) is 0 Å². The summed E-state index contributed by atoms with van der Waals surface area (Å²) >= 11 is 1.78. The van der Waals surface area contributed by atoms with Gasteiger partial charge in [0, 0.05) is 18.0 Å². The van der Waals surface area contributed by atoms with Gasteiger partial charge in [-0.25, -0.2) is 0 Å². The summed E-state index contributed by atoms with van der Waals surface area (Å²) in [6.45, 7) is 7.55. The number of nitrogens with two attached hydrogens (primary N) is 1. The van der Waals surface area contributed by atoms with E-state index in [0.717, 1.165) is 19.5 Å². The van der Waals surface area contributed by atoms with E-state index in [1.54, 1.807) is 11.3 Å². The summed E-state index contributed by atoms with van der Waals surface area (Å²) in [5.41, 5.74) is 7.14. The van der Waals surface area contributed by atoms with Crippen molar-refractivity contribution in [1.29, 1.82) is 0 Å². The van der Waals surface area contributed by atoms with Crippen LogP contribution in [0.2, 0.25) is 0 Å². The first-order chi connectivity index (χ1) is 7.89. The average molecular weight is 289 g/mol. The molecule has 0 saturated carbocycles. The molecule has 1 aromatic rings. The van der Waals surface area contributed by atoms with Crippen LogP contribution < -0.4 is 5.73 Å². The van der Waals surface area contributed by atoms with Crippen molar-refractivity contribution in [1.82, 2.24) is 4.90 Å². The zero-order valence-corrected chi connectivity index (χ0v) is 12.7. The van der Waals surface area contributed by atoms with Crippen molar-refractivity contribution in [3.8, 4) is 0 Å². The lowest BCUT2D eigenvalue weighted by Crippen LogP contribution is -2.51. The lowest BCUT2D eigenvalue weighted by Gasteiger charge is -2.34. The van der Waals surface area contributed by atoms with Crippen LogP contribution in [0, 0.1) is 5.41 Å². The molecular formula is C13H21ClN2OS. The fraction of sp³-hybridized carbons (Fsp3) is 0.615. The van der Waals surface area contributed by atoms with Gasteiger partial charge >= 0.3 is 0 Å². The number of hydrogen-bond donors (Lipinski definition) is 1. The smallest absolute Gasteiger partial charge is 0.240 e. The molecule has 18 heavy (non-hydrogen) atoms. The third-order valence-corrected chi connectivity index (χ3v) is 4.34. The van der Waals surface area contributed by atoms with E-state index in [-0.39, 0.29) is 23.7 Å². The monoisotopic (exact) mass is 288 g/mol. The second-order valence-corrected chi connectivity index (χ2v) is 6.72. The third kappa shape index (κ3) is 3.05. The standard InChI is InChI=1S/C13H20N2OS.ClH/c1-13(2,3)11(14)12(16)15-6-4-10-9(8-15)5-7-17-10;/h5,7,11H,4,6,8,14H2,1-3H3;1H/t11-;/m1./s1.